The summed E-state index contributed by atoms with van der Waals surface area (Å²) in [6, 6.07) is 18.2. The molecule has 0 radical (unpaired) electrons. The van der Waals surface area contributed by atoms with Crippen molar-refractivity contribution in [2.75, 3.05) is 0 Å². The number of benzene rings is 3. The largest absolute Gasteiger partial charge is 0.507 e. The SMILES string of the molecule is Oc1ccc(Cl)cc1[C@H]1Oc2c(Cl)cc(Cl)cc2[C@@H]2CC(c3ccccc3)=NN12. The van der Waals surface area contributed by atoms with Crippen molar-refractivity contribution < 1.29 is 9.84 Å². The van der Waals surface area contributed by atoms with E-state index in [1.807, 2.05) is 41.4 Å². The van der Waals surface area contributed by atoms with E-state index in [9.17, 15) is 5.11 Å². The molecule has 0 aromatic heterocycles. The van der Waals surface area contributed by atoms with Crippen LogP contribution in [0.15, 0.2) is 65.8 Å². The summed E-state index contributed by atoms with van der Waals surface area (Å²) in [5.74, 6) is 0.626. The molecule has 146 valence electrons. The summed E-state index contributed by atoms with van der Waals surface area (Å²) < 4.78 is 6.25. The van der Waals surface area contributed by atoms with Crippen LogP contribution < -0.4 is 4.74 Å². The number of phenolic OH excluding ortho intramolecular Hbond substituents is 1. The van der Waals surface area contributed by atoms with Crippen LogP contribution in [0, 0.1) is 0 Å². The second kappa shape index (κ2) is 7.13. The van der Waals surface area contributed by atoms with Gasteiger partial charge in [-0.05, 0) is 35.9 Å². The minimum Gasteiger partial charge on any atom is -0.507 e. The van der Waals surface area contributed by atoms with Crippen LogP contribution in [0.5, 0.6) is 11.5 Å². The Morgan fingerprint density at radius 3 is 2.48 bits per heavy atom. The third-order valence-electron chi connectivity index (χ3n) is 5.17. The molecule has 7 heteroatoms. The number of hydrogen-bond donors (Lipinski definition) is 1. The quantitative estimate of drug-likeness (QED) is 0.483. The van der Waals surface area contributed by atoms with Crippen LogP contribution in [-0.2, 0) is 0 Å². The molecule has 0 saturated heterocycles. The Balaban J connectivity index is 1.67. The first-order valence-electron chi connectivity index (χ1n) is 9.06. The lowest BCUT2D eigenvalue weighted by Gasteiger charge is -2.38. The zero-order chi connectivity index (χ0) is 20.1. The number of halogens is 3. The highest BCUT2D eigenvalue weighted by atomic mass is 35.5. The van der Waals surface area contributed by atoms with Gasteiger partial charge >= 0.3 is 0 Å². The number of ether oxygens (including phenoxy) is 1. The van der Waals surface area contributed by atoms with E-state index in [1.54, 1.807) is 24.3 Å². The summed E-state index contributed by atoms with van der Waals surface area (Å²) in [5.41, 5.74) is 3.35. The topological polar surface area (TPSA) is 45.1 Å². The number of hydrogen-bond acceptors (Lipinski definition) is 4. The van der Waals surface area contributed by atoms with Crippen LogP contribution in [0.1, 0.15) is 35.4 Å². The maximum atomic E-state index is 10.5. The average molecular weight is 446 g/mol. The summed E-state index contributed by atoms with van der Waals surface area (Å²) >= 11 is 18.9. The Morgan fingerprint density at radius 2 is 1.69 bits per heavy atom. The van der Waals surface area contributed by atoms with Gasteiger partial charge in [-0.1, -0.05) is 65.1 Å². The van der Waals surface area contributed by atoms with Gasteiger partial charge in [-0.25, -0.2) is 5.01 Å². The Morgan fingerprint density at radius 1 is 0.931 bits per heavy atom. The van der Waals surface area contributed by atoms with Gasteiger partial charge in [0.1, 0.15) is 11.5 Å². The predicted octanol–water partition coefficient (Wildman–Crippen LogP) is 6.59. The van der Waals surface area contributed by atoms with Gasteiger partial charge in [-0.15, -0.1) is 0 Å². The van der Waals surface area contributed by atoms with Crippen molar-refractivity contribution in [3.63, 3.8) is 0 Å². The van der Waals surface area contributed by atoms with Gasteiger partial charge in [0.05, 0.1) is 22.3 Å². The molecule has 3 aromatic rings. The number of fused-ring (bicyclic) bond motifs is 3. The number of phenols is 1. The monoisotopic (exact) mass is 444 g/mol. The predicted molar refractivity (Wildman–Crippen MR) is 115 cm³/mol. The molecule has 4 nitrogen and oxygen atoms in total. The van der Waals surface area contributed by atoms with E-state index in [0.29, 0.717) is 32.8 Å². The van der Waals surface area contributed by atoms with Gasteiger partial charge in [0, 0.05) is 22.0 Å². The molecule has 3 aromatic carbocycles. The summed E-state index contributed by atoms with van der Waals surface area (Å²) in [6.07, 6.45) is -0.0133. The molecule has 0 aliphatic carbocycles. The fraction of sp³-hybridized carbons (Fsp3) is 0.136. The molecule has 29 heavy (non-hydrogen) atoms. The molecular weight excluding hydrogens is 431 g/mol. The molecular formula is C22H15Cl3N2O2. The van der Waals surface area contributed by atoms with Crippen molar-refractivity contribution >= 4 is 40.5 Å². The number of aromatic hydroxyl groups is 1. The number of hydrazone groups is 1. The highest BCUT2D eigenvalue weighted by Gasteiger charge is 2.42. The minimum atomic E-state index is -0.675. The lowest BCUT2D eigenvalue weighted by Crippen LogP contribution is -2.34. The lowest BCUT2D eigenvalue weighted by atomic mass is 9.95. The first-order valence-corrected chi connectivity index (χ1v) is 10.2. The van der Waals surface area contributed by atoms with Gasteiger partial charge in [0.2, 0.25) is 6.23 Å². The molecule has 0 spiro atoms. The van der Waals surface area contributed by atoms with Crippen LogP contribution in [-0.4, -0.2) is 15.8 Å². The van der Waals surface area contributed by atoms with Gasteiger partial charge < -0.3 is 9.84 Å². The van der Waals surface area contributed by atoms with Crippen LogP contribution in [0.4, 0.5) is 0 Å². The molecule has 0 fully saturated rings. The second-order valence-corrected chi connectivity index (χ2v) is 8.27. The van der Waals surface area contributed by atoms with Crippen molar-refractivity contribution in [1.29, 1.82) is 0 Å². The van der Waals surface area contributed by atoms with Crippen molar-refractivity contribution in [2.24, 2.45) is 5.10 Å². The van der Waals surface area contributed by atoms with Crippen molar-refractivity contribution in [1.82, 2.24) is 5.01 Å². The maximum Gasteiger partial charge on any atom is 0.217 e. The Labute approximate surface area is 182 Å². The third-order valence-corrected chi connectivity index (χ3v) is 5.90. The number of rotatable bonds is 2. The second-order valence-electron chi connectivity index (χ2n) is 6.99. The van der Waals surface area contributed by atoms with E-state index in [1.165, 1.54) is 0 Å². The Hall–Kier alpha value is -2.40. The number of nitrogens with zero attached hydrogens (tertiary/aromatic N) is 2. The first kappa shape index (κ1) is 18.6. The van der Waals surface area contributed by atoms with Gasteiger partial charge in [0.15, 0.2) is 0 Å². The zero-order valence-corrected chi connectivity index (χ0v) is 17.3. The smallest absolute Gasteiger partial charge is 0.217 e. The minimum absolute atomic E-state index is 0.0787. The summed E-state index contributed by atoms with van der Waals surface area (Å²) in [6.45, 7) is 0. The van der Waals surface area contributed by atoms with Gasteiger partial charge in [-0.3, -0.25) is 0 Å². The lowest BCUT2D eigenvalue weighted by molar-refractivity contribution is -0.0202. The molecule has 2 aliphatic rings. The average Bonchev–Trinajstić information content (AvgIpc) is 3.16. The van der Waals surface area contributed by atoms with Gasteiger partial charge in [-0.2, -0.15) is 5.10 Å². The summed E-state index contributed by atoms with van der Waals surface area (Å²) in [4.78, 5) is 0. The third kappa shape index (κ3) is 3.21. The molecule has 0 bridgehead atoms. The molecule has 2 aliphatic heterocycles. The van der Waals surface area contributed by atoms with Crippen molar-refractivity contribution in [2.45, 2.75) is 18.7 Å². The fourth-order valence-corrected chi connectivity index (χ4v) is 4.58. The highest BCUT2D eigenvalue weighted by molar-refractivity contribution is 6.35. The molecule has 1 N–H and O–H groups in total. The van der Waals surface area contributed by atoms with Crippen molar-refractivity contribution in [3.05, 3.63) is 92.4 Å². The van der Waals surface area contributed by atoms with E-state index in [2.05, 4.69) is 0 Å². The molecule has 2 atom stereocenters. The Bertz CT molecular complexity index is 1130. The first-order chi connectivity index (χ1) is 14.0. The normalized spacial score (nSPS) is 20.0. The molecule has 0 saturated carbocycles. The fourth-order valence-electron chi connectivity index (χ4n) is 3.85. The molecule has 0 unspecified atom stereocenters. The van der Waals surface area contributed by atoms with Crippen LogP contribution in [0.3, 0.4) is 0 Å². The zero-order valence-electron chi connectivity index (χ0n) is 15.0. The summed E-state index contributed by atoms with van der Waals surface area (Å²) in [5, 5.41) is 18.6. The van der Waals surface area contributed by atoms with Crippen LogP contribution in [0.25, 0.3) is 0 Å². The Kier molecular flexibility index (Phi) is 4.58. The van der Waals surface area contributed by atoms with E-state index in [0.717, 1.165) is 16.8 Å². The van der Waals surface area contributed by atoms with Crippen LogP contribution >= 0.6 is 34.8 Å². The van der Waals surface area contributed by atoms with Crippen molar-refractivity contribution in [3.8, 4) is 11.5 Å². The maximum absolute atomic E-state index is 10.5. The van der Waals surface area contributed by atoms with E-state index in [4.69, 9.17) is 44.6 Å². The van der Waals surface area contributed by atoms with Gasteiger partial charge in [0.25, 0.3) is 0 Å². The highest BCUT2D eigenvalue weighted by Crippen LogP contribution is 2.51. The summed E-state index contributed by atoms with van der Waals surface area (Å²) in [7, 11) is 0. The van der Waals surface area contributed by atoms with E-state index < -0.39 is 6.23 Å². The standard InChI is InChI=1S/C22H15Cl3N2O2/c23-13-6-7-20(28)16(8-13)22-27-19(11-18(26-27)12-4-2-1-3-5-12)15-9-14(24)10-17(25)21(15)29-22/h1-10,19,22,28H,11H2/t19-,22+/m0/s1. The van der Waals surface area contributed by atoms with E-state index in [-0.39, 0.29) is 11.8 Å². The van der Waals surface area contributed by atoms with Crippen LogP contribution in [0.2, 0.25) is 15.1 Å². The molecule has 2 heterocycles. The molecule has 0 amide bonds. The molecule has 5 rings (SSSR count). The van der Waals surface area contributed by atoms with E-state index >= 15 is 0 Å².